The highest BCUT2D eigenvalue weighted by Gasteiger charge is 1.81. The summed E-state index contributed by atoms with van der Waals surface area (Å²) in [6.07, 6.45) is 2.55. The Hall–Kier alpha value is -1.13. The first-order valence-electron chi connectivity index (χ1n) is 3.53. The van der Waals surface area contributed by atoms with Crippen LogP contribution < -0.4 is 0 Å². The summed E-state index contributed by atoms with van der Waals surface area (Å²) in [5, 5.41) is 0. The second-order valence-corrected chi connectivity index (χ2v) is 3.81. The molecule has 0 aromatic heterocycles. The SMILES string of the molecule is C=Cc1ccccc1.CS(=O)(=O)O. The fourth-order valence-corrected chi connectivity index (χ4v) is 0.589. The largest absolute Gasteiger partial charge is 0.286 e. The van der Waals surface area contributed by atoms with Gasteiger partial charge < -0.3 is 0 Å². The van der Waals surface area contributed by atoms with E-state index in [9.17, 15) is 8.42 Å². The molecule has 13 heavy (non-hydrogen) atoms. The lowest BCUT2D eigenvalue weighted by Gasteiger charge is -1.85. The lowest BCUT2D eigenvalue weighted by atomic mass is 10.2. The molecule has 1 rings (SSSR count). The Bertz CT molecular complexity index is 332. The first-order valence-corrected chi connectivity index (χ1v) is 5.38. The maximum atomic E-state index is 9.19. The van der Waals surface area contributed by atoms with Gasteiger partial charge in [-0.1, -0.05) is 43.0 Å². The smallest absolute Gasteiger partial charge is 0.261 e. The van der Waals surface area contributed by atoms with Crippen molar-refractivity contribution in [3.63, 3.8) is 0 Å². The number of benzene rings is 1. The minimum Gasteiger partial charge on any atom is -0.286 e. The fraction of sp³-hybridized carbons (Fsp3) is 0.111. The molecular weight excluding hydrogens is 188 g/mol. The van der Waals surface area contributed by atoms with E-state index in [-0.39, 0.29) is 0 Å². The third-order valence-electron chi connectivity index (χ3n) is 1.04. The zero-order valence-electron chi connectivity index (χ0n) is 7.34. The maximum absolute atomic E-state index is 9.19. The van der Waals surface area contributed by atoms with Gasteiger partial charge in [0.25, 0.3) is 10.1 Å². The van der Waals surface area contributed by atoms with Crippen LogP contribution in [0.25, 0.3) is 6.08 Å². The summed E-state index contributed by atoms with van der Waals surface area (Å²) in [7, 11) is -3.67. The second kappa shape index (κ2) is 5.50. The van der Waals surface area contributed by atoms with Gasteiger partial charge in [-0.3, -0.25) is 4.55 Å². The van der Waals surface area contributed by atoms with Crippen molar-refractivity contribution in [2.45, 2.75) is 0 Å². The molecule has 1 N–H and O–H groups in total. The highest BCUT2D eigenvalue weighted by molar-refractivity contribution is 7.85. The molecule has 0 radical (unpaired) electrons. The molecule has 0 atom stereocenters. The van der Waals surface area contributed by atoms with Crippen LogP contribution in [-0.4, -0.2) is 19.2 Å². The molecule has 0 aliphatic rings. The van der Waals surface area contributed by atoms with E-state index in [0.717, 1.165) is 0 Å². The average molecular weight is 200 g/mol. The van der Waals surface area contributed by atoms with Crippen LogP contribution in [-0.2, 0) is 10.1 Å². The first kappa shape index (κ1) is 11.9. The molecule has 4 heteroatoms. The molecule has 1 aromatic carbocycles. The van der Waals surface area contributed by atoms with Gasteiger partial charge in [-0.2, -0.15) is 8.42 Å². The zero-order chi connectivity index (χ0) is 10.3. The summed E-state index contributed by atoms with van der Waals surface area (Å²) in [5.74, 6) is 0. The Morgan fingerprint density at radius 2 is 1.69 bits per heavy atom. The lowest BCUT2D eigenvalue weighted by Crippen LogP contribution is -1.88. The molecule has 0 fully saturated rings. The molecule has 3 nitrogen and oxygen atoms in total. The molecule has 1 aromatic rings. The predicted molar refractivity (Wildman–Crippen MR) is 54.0 cm³/mol. The van der Waals surface area contributed by atoms with Gasteiger partial charge in [-0.25, -0.2) is 0 Å². The van der Waals surface area contributed by atoms with Crippen LogP contribution in [0.4, 0.5) is 0 Å². The first-order chi connectivity index (χ1) is 5.93. The molecule has 0 heterocycles. The van der Waals surface area contributed by atoms with Gasteiger partial charge in [0.2, 0.25) is 0 Å². The third-order valence-corrected chi connectivity index (χ3v) is 1.04. The number of hydrogen-bond donors (Lipinski definition) is 1. The Balaban J connectivity index is 0.000000252. The fourth-order valence-electron chi connectivity index (χ4n) is 0.589. The van der Waals surface area contributed by atoms with Crippen molar-refractivity contribution in [3.05, 3.63) is 42.5 Å². The van der Waals surface area contributed by atoms with Crippen molar-refractivity contribution in [3.8, 4) is 0 Å². The average Bonchev–Trinajstić information content (AvgIpc) is 2.03. The normalized spacial score (nSPS) is 9.69. The summed E-state index contributed by atoms with van der Waals surface area (Å²) in [6, 6.07) is 10.0. The molecular formula is C9H12O3S. The van der Waals surface area contributed by atoms with E-state index < -0.39 is 10.1 Å². The van der Waals surface area contributed by atoms with Crippen LogP contribution in [0.3, 0.4) is 0 Å². The summed E-state index contributed by atoms with van der Waals surface area (Å²) < 4.78 is 25.9. The standard InChI is InChI=1S/C8H8.CH4O3S/c1-2-8-6-4-3-5-7-8;1-5(2,3)4/h2-7H,1H2;1H3,(H,2,3,4). The van der Waals surface area contributed by atoms with Crippen molar-refractivity contribution in [1.29, 1.82) is 0 Å². The summed E-state index contributed by atoms with van der Waals surface area (Å²) in [6.45, 7) is 3.63. The van der Waals surface area contributed by atoms with Crippen LogP contribution in [0.1, 0.15) is 5.56 Å². The second-order valence-electron chi connectivity index (χ2n) is 2.35. The van der Waals surface area contributed by atoms with E-state index in [2.05, 4.69) is 6.58 Å². The number of hydrogen-bond acceptors (Lipinski definition) is 2. The van der Waals surface area contributed by atoms with Gasteiger partial charge in [0.1, 0.15) is 0 Å². The quantitative estimate of drug-likeness (QED) is 0.704. The van der Waals surface area contributed by atoms with Crippen LogP contribution in [0.2, 0.25) is 0 Å². The number of rotatable bonds is 1. The Labute approximate surface area is 78.5 Å². The molecule has 72 valence electrons. The van der Waals surface area contributed by atoms with Gasteiger partial charge in [-0.05, 0) is 5.56 Å². The van der Waals surface area contributed by atoms with Gasteiger partial charge in [0.05, 0.1) is 6.26 Å². The van der Waals surface area contributed by atoms with E-state index in [1.807, 2.05) is 36.4 Å². The van der Waals surface area contributed by atoms with Crippen molar-refractivity contribution in [1.82, 2.24) is 0 Å². The van der Waals surface area contributed by atoms with E-state index >= 15 is 0 Å². The highest BCUT2D eigenvalue weighted by atomic mass is 32.2. The van der Waals surface area contributed by atoms with E-state index in [1.165, 1.54) is 5.56 Å². The maximum Gasteiger partial charge on any atom is 0.261 e. The summed E-state index contributed by atoms with van der Waals surface area (Å²) >= 11 is 0. The predicted octanol–water partition coefficient (Wildman–Crippen LogP) is 1.83. The topological polar surface area (TPSA) is 54.4 Å². The Kier molecular flexibility index (Phi) is 5.03. The highest BCUT2D eigenvalue weighted by Crippen LogP contribution is 1.97. The van der Waals surface area contributed by atoms with E-state index in [1.54, 1.807) is 0 Å². The molecule has 0 bridgehead atoms. The Morgan fingerprint density at radius 3 is 1.92 bits per heavy atom. The zero-order valence-corrected chi connectivity index (χ0v) is 8.16. The summed E-state index contributed by atoms with van der Waals surface area (Å²) in [4.78, 5) is 0. The molecule has 0 saturated carbocycles. The molecule has 0 unspecified atom stereocenters. The minimum atomic E-state index is -3.67. The van der Waals surface area contributed by atoms with E-state index in [0.29, 0.717) is 6.26 Å². The third kappa shape index (κ3) is 10.9. The molecule has 0 amide bonds. The van der Waals surface area contributed by atoms with Gasteiger partial charge in [-0.15, -0.1) is 0 Å². The van der Waals surface area contributed by atoms with Crippen LogP contribution >= 0.6 is 0 Å². The molecule has 0 spiro atoms. The van der Waals surface area contributed by atoms with Crippen molar-refractivity contribution >= 4 is 16.2 Å². The Morgan fingerprint density at radius 1 is 1.31 bits per heavy atom. The van der Waals surface area contributed by atoms with Gasteiger partial charge in [0.15, 0.2) is 0 Å². The van der Waals surface area contributed by atoms with Crippen LogP contribution in [0.5, 0.6) is 0 Å². The minimum absolute atomic E-state index is 0.715. The van der Waals surface area contributed by atoms with Crippen molar-refractivity contribution < 1.29 is 13.0 Å². The lowest BCUT2D eigenvalue weighted by molar-refractivity contribution is 0.490. The van der Waals surface area contributed by atoms with Crippen molar-refractivity contribution in [2.24, 2.45) is 0 Å². The summed E-state index contributed by atoms with van der Waals surface area (Å²) in [5.41, 5.74) is 1.17. The molecule has 0 saturated heterocycles. The van der Waals surface area contributed by atoms with Crippen LogP contribution in [0.15, 0.2) is 36.9 Å². The van der Waals surface area contributed by atoms with Crippen LogP contribution in [0, 0.1) is 0 Å². The van der Waals surface area contributed by atoms with E-state index in [4.69, 9.17) is 4.55 Å². The van der Waals surface area contributed by atoms with Gasteiger partial charge in [0, 0.05) is 0 Å². The monoisotopic (exact) mass is 200 g/mol. The van der Waals surface area contributed by atoms with Crippen molar-refractivity contribution in [2.75, 3.05) is 6.26 Å². The molecule has 0 aliphatic heterocycles. The van der Waals surface area contributed by atoms with Gasteiger partial charge >= 0.3 is 0 Å². The molecule has 0 aliphatic carbocycles.